The zero-order chi connectivity index (χ0) is 20.4. The summed E-state index contributed by atoms with van der Waals surface area (Å²) in [4.78, 5) is 30.5. The third-order valence-electron chi connectivity index (χ3n) is 4.31. The predicted molar refractivity (Wildman–Crippen MR) is 127 cm³/mol. The van der Waals surface area contributed by atoms with Gasteiger partial charge in [-0.1, -0.05) is 41.6 Å². The van der Waals surface area contributed by atoms with Gasteiger partial charge in [-0.2, -0.15) is 0 Å². The minimum atomic E-state index is -0.152. The Morgan fingerprint density at radius 1 is 1.03 bits per heavy atom. The molecule has 3 aromatic carbocycles. The van der Waals surface area contributed by atoms with Crippen LogP contribution in [-0.4, -0.2) is 21.1 Å². The van der Waals surface area contributed by atoms with Crippen molar-refractivity contribution in [2.24, 2.45) is 0 Å². The quantitative estimate of drug-likeness (QED) is 0.145. The van der Waals surface area contributed by atoms with Gasteiger partial charge in [0.1, 0.15) is 0 Å². The molecule has 0 bridgehead atoms. The maximum Gasteiger partial charge on any atom is 0.266 e. The number of para-hydroxylation sites is 1. The van der Waals surface area contributed by atoms with Crippen molar-refractivity contribution in [3.63, 3.8) is 0 Å². The summed E-state index contributed by atoms with van der Waals surface area (Å²) in [6.45, 7) is 0. The minimum absolute atomic E-state index is 0.0526. The van der Waals surface area contributed by atoms with Crippen LogP contribution in [0, 0.1) is 3.57 Å². The van der Waals surface area contributed by atoms with Crippen LogP contribution in [0.3, 0.4) is 0 Å². The number of carbonyl (C=O) groups excluding carboxylic acids is 1. The van der Waals surface area contributed by atoms with Crippen molar-refractivity contribution < 1.29 is 4.79 Å². The average molecular weight is 533 g/mol. The highest BCUT2D eigenvalue weighted by atomic mass is 127. The Hall–Kier alpha value is -2.16. The van der Waals surface area contributed by atoms with E-state index in [1.54, 1.807) is 28.8 Å². The van der Waals surface area contributed by atoms with Gasteiger partial charge in [0.2, 0.25) is 0 Å². The van der Waals surface area contributed by atoms with Crippen molar-refractivity contribution in [2.75, 3.05) is 5.75 Å². The third kappa shape index (κ3) is 4.39. The lowest BCUT2D eigenvalue weighted by molar-refractivity contribution is 0.102. The van der Waals surface area contributed by atoms with Crippen LogP contribution in [0.25, 0.3) is 16.6 Å². The molecule has 4 aromatic rings. The van der Waals surface area contributed by atoms with E-state index in [9.17, 15) is 9.59 Å². The number of aromatic nitrogens is 2. The van der Waals surface area contributed by atoms with Crippen molar-refractivity contribution in [1.29, 1.82) is 0 Å². The van der Waals surface area contributed by atoms with Crippen molar-refractivity contribution >= 4 is 62.6 Å². The normalized spacial score (nSPS) is 11.0. The summed E-state index contributed by atoms with van der Waals surface area (Å²) in [6.07, 6.45) is 0. The van der Waals surface area contributed by atoms with E-state index in [0.717, 1.165) is 3.57 Å². The Balaban J connectivity index is 1.76. The first-order valence-electron chi connectivity index (χ1n) is 8.72. The molecule has 0 radical (unpaired) electrons. The molecule has 4 rings (SSSR count). The van der Waals surface area contributed by atoms with Crippen LogP contribution >= 0.6 is 46.0 Å². The van der Waals surface area contributed by atoms with E-state index in [0.29, 0.717) is 32.3 Å². The van der Waals surface area contributed by atoms with Crippen LogP contribution in [0.15, 0.2) is 82.7 Å². The standard InChI is InChI=1S/C22H14ClIN2O2S/c23-15-8-6-14(7-9-15)20(27)13-29-22-25-19-11-10-16(24)12-18(19)21(28)26(22)17-4-2-1-3-5-17/h1-12H,13H2. The summed E-state index contributed by atoms with van der Waals surface area (Å²) in [5.74, 6) is 0.111. The van der Waals surface area contributed by atoms with Gasteiger partial charge in [0.05, 0.1) is 22.3 Å². The average Bonchev–Trinajstić information content (AvgIpc) is 2.74. The molecule has 0 N–H and O–H groups in total. The van der Waals surface area contributed by atoms with E-state index < -0.39 is 0 Å². The van der Waals surface area contributed by atoms with E-state index in [4.69, 9.17) is 11.6 Å². The zero-order valence-electron chi connectivity index (χ0n) is 15.0. The fourth-order valence-electron chi connectivity index (χ4n) is 2.89. The van der Waals surface area contributed by atoms with E-state index in [1.807, 2.05) is 48.5 Å². The van der Waals surface area contributed by atoms with Crippen molar-refractivity contribution in [3.8, 4) is 5.69 Å². The molecule has 144 valence electrons. The molecule has 0 aliphatic rings. The van der Waals surface area contributed by atoms with Crippen LogP contribution in [0.1, 0.15) is 10.4 Å². The second-order valence-corrected chi connectivity index (χ2v) is 8.88. The van der Waals surface area contributed by atoms with E-state index in [-0.39, 0.29) is 17.1 Å². The van der Waals surface area contributed by atoms with Gasteiger partial charge in [-0.05, 0) is 77.2 Å². The highest BCUT2D eigenvalue weighted by Crippen LogP contribution is 2.23. The van der Waals surface area contributed by atoms with Gasteiger partial charge in [0.15, 0.2) is 10.9 Å². The lowest BCUT2D eigenvalue weighted by Crippen LogP contribution is -2.22. The number of carbonyl (C=O) groups is 1. The number of ketones is 1. The number of thioether (sulfide) groups is 1. The molecule has 1 aromatic heterocycles. The molecule has 0 aliphatic carbocycles. The first-order valence-corrected chi connectivity index (χ1v) is 11.2. The van der Waals surface area contributed by atoms with Gasteiger partial charge < -0.3 is 0 Å². The smallest absolute Gasteiger partial charge is 0.266 e. The van der Waals surface area contributed by atoms with Crippen LogP contribution in [0.4, 0.5) is 0 Å². The summed E-state index contributed by atoms with van der Waals surface area (Å²) < 4.78 is 2.53. The molecule has 0 unspecified atom stereocenters. The topological polar surface area (TPSA) is 52.0 Å². The number of Topliss-reactive ketones (excluding diaryl/α,β-unsaturated/α-hetero) is 1. The van der Waals surface area contributed by atoms with Gasteiger partial charge in [0, 0.05) is 14.2 Å². The molecule has 1 heterocycles. The number of halogens is 2. The van der Waals surface area contributed by atoms with Gasteiger partial charge in [0.25, 0.3) is 5.56 Å². The SMILES string of the molecule is O=C(CSc1nc2ccc(I)cc2c(=O)n1-c1ccccc1)c1ccc(Cl)cc1. The molecule has 0 saturated heterocycles. The molecule has 0 atom stereocenters. The lowest BCUT2D eigenvalue weighted by Gasteiger charge is -2.13. The molecule has 29 heavy (non-hydrogen) atoms. The van der Waals surface area contributed by atoms with Crippen LogP contribution in [-0.2, 0) is 0 Å². The molecular formula is C22H14ClIN2O2S. The van der Waals surface area contributed by atoms with Crippen LogP contribution in [0.5, 0.6) is 0 Å². The van der Waals surface area contributed by atoms with Gasteiger partial charge >= 0.3 is 0 Å². The van der Waals surface area contributed by atoms with Gasteiger partial charge in [-0.25, -0.2) is 4.98 Å². The third-order valence-corrected chi connectivity index (χ3v) is 6.17. The lowest BCUT2D eigenvalue weighted by atomic mass is 10.1. The van der Waals surface area contributed by atoms with Crippen LogP contribution < -0.4 is 5.56 Å². The maximum absolute atomic E-state index is 13.3. The Labute approximate surface area is 190 Å². The summed E-state index contributed by atoms with van der Waals surface area (Å²) in [5.41, 5.74) is 1.75. The number of rotatable bonds is 5. The first kappa shape index (κ1) is 20.1. The maximum atomic E-state index is 13.3. The van der Waals surface area contributed by atoms with Crippen molar-refractivity contribution in [1.82, 2.24) is 9.55 Å². The highest BCUT2D eigenvalue weighted by Gasteiger charge is 2.15. The van der Waals surface area contributed by atoms with Crippen LogP contribution in [0.2, 0.25) is 5.02 Å². The fraction of sp³-hybridized carbons (Fsp3) is 0.0455. The molecule has 0 fully saturated rings. The number of fused-ring (bicyclic) bond motifs is 1. The monoisotopic (exact) mass is 532 g/mol. The summed E-state index contributed by atoms with van der Waals surface area (Å²) in [7, 11) is 0. The molecular weight excluding hydrogens is 519 g/mol. The number of hydrogen-bond acceptors (Lipinski definition) is 4. The minimum Gasteiger partial charge on any atom is -0.293 e. The number of nitrogens with zero attached hydrogens (tertiary/aromatic N) is 2. The Bertz CT molecular complexity index is 1260. The highest BCUT2D eigenvalue weighted by molar-refractivity contribution is 14.1. The number of hydrogen-bond donors (Lipinski definition) is 0. The van der Waals surface area contributed by atoms with E-state index in [2.05, 4.69) is 27.6 Å². The van der Waals surface area contributed by atoms with E-state index >= 15 is 0 Å². The predicted octanol–water partition coefficient (Wildman–Crippen LogP) is 5.62. The Kier molecular flexibility index (Phi) is 6.03. The number of benzene rings is 3. The molecule has 0 spiro atoms. The molecule has 0 saturated carbocycles. The fourth-order valence-corrected chi connectivity index (χ4v) is 4.41. The van der Waals surface area contributed by atoms with Gasteiger partial charge in [-0.3, -0.25) is 14.2 Å². The van der Waals surface area contributed by atoms with E-state index in [1.165, 1.54) is 11.8 Å². The molecule has 0 amide bonds. The first-order chi connectivity index (χ1) is 14.0. The molecule has 7 heteroatoms. The largest absolute Gasteiger partial charge is 0.293 e. The van der Waals surface area contributed by atoms with Crippen molar-refractivity contribution in [2.45, 2.75) is 5.16 Å². The Morgan fingerprint density at radius 2 is 1.76 bits per heavy atom. The van der Waals surface area contributed by atoms with Crippen molar-refractivity contribution in [3.05, 3.63) is 97.3 Å². The summed E-state index contributed by atoms with van der Waals surface area (Å²) >= 11 is 9.32. The summed E-state index contributed by atoms with van der Waals surface area (Å²) in [5, 5.41) is 1.62. The molecule has 0 aliphatic heterocycles. The summed E-state index contributed by atoms with van der Waals surface area (Å²) in [6, 6.07) is 21.7. The van der Waals surface area contributed by atoms with Gasteiger partial charge in [-0.15, -0.1) is 0 Å². The molecule has 4 nitrogen and oxygen atoms in total. The Morgan fingerprint density at radius 3 is 2.48 bits per heavy atom. The zero-order valence-corrected chi connectivity index (χ0v) is 18.7. The second-order valence-electron chi connectivity index (χ2n) is 6.25. The second kappa shape index (κ2) is 8.69.